The number of aryl methyl sites for hydroxylation is 1. The predicted molar refractivity (Wildman–Crippen MR) is 75.9 cm³/mol. The zero-order valence-corrected chi connectivity index (χ0v) is 12.4. The van der Waals surface area contributed by atoms with Gasteiger partial charge in [-0.15, -0.1) is 0 Å². The van der Waals surface area contributed by atoms with Gasteiger partial charge >= 0.3 is 6.03 Å². The molecule has 20 heavy (non-hydrogen) atoms. The SMILES string of the molecule is Cc1ccccc1S(=O)(=O)NC(=O)N1N=CCC1(C)C. The molecule has 2 rings (SSSR count). The Balaban J connectivity index is 2.24. The number of hydrogen-bond acceptors (Lipinski definition) is 4. The number of carbonyl (C=O) groups excluding carboxylic acids is 1. The molecule has 1 aromatic rings. The summed E-state index contributed by atoms with van der Waals surface area (Å²) in [5.41, 5.74) is 0.0581. The normalized spacial score (nSPS) is 17.2. The van der Waals surface area contributed by atoms with Gasteiger partial charge in [-0.05, 0) is 32.4 Å². The minimum absolute atomic E-state index is 0.0920. The summed E-state index contributed by atoms with van der Waals surface area (Å²) < 4.78 is 26.5. The van der Waals surface area contributed by atoms with Crippen LogP contribution in [-0.2, 0) is 10.0 Å². The molecule has 0 saturated carbocycles. The second-order valence-corrected chi connectivity index (χ2v) is 6.95. The van der Waals surface area contributed by atoms with E-state index in [0.29, 0.717) is 12.0 Å². The van der Waals surface area contributed by atoms with Crippen LogP contribution in [0.2, 0.25) is 0 Å². The van der Waals surface area contributed by atoms with Crippen LogP contribution in [0.3, 0.4) is 0 Å². The molecule has 0 bridgehead atoms. The number of amides is 2. The van der Waals surface area contributed by atoms with Crippen molar-refractivity contribution >= 4 is 22.3 Å². The van der Waals surface area contributed by atoms with Crippen molar-refractivity contribution in [2.75, 3.05) is 0 Å². The van der Waals surface area contributed by atoms with Crippen LogP contribution in [0, 0.1) is 6.92 Å². The van der Waals surface area contributed by atoms with E-state index in [1.165, 1.54) is 6.07 Å². The van der Waals surface area contributed by atoms with Crippen molar-refractivity contribution in [2.45, 2.75) is 37.6 Å². The molecule has 108 valence electrons. The van der Waals surface area contributed by atoms with Crippen LogP contribution >= 0.6 is 0 Å². The fraction of sp³-hybridized carbons (Fsp3) is 0.385. The van der Waals surface area contributed by atoms with Crippen molar-refractivity contribution in [2.24, 2.45) is 5.10 Å². The lowest BCUT2D eigenvalue weighted by molar-refractivity contribution is 0.159. The number of nitrogens with zero attached hydrogens (tertiary/aromatic N) is 2. The predicted octanol–water partition coefficient (Wildman–Crippen LogP) is 1.86. The number of benzene rings is 1. The van der Waals surface area contributed by atoms with Crippen molar-refractivity contribution in [1.82, 2.24) is 9.73 Å². The summed E-state index contributed by atoms with van der Waals surface area (Å²) in [4.78, 5) is 12.2. The molecule has 7 heteroatoms. The van der Waals surface area contributed by atoms with Crippen LogP contribution in [-0.4, -0.2) is 31.2 Å². The van der Waals surface area contributed by atoms with Crippen molar-refractivity contribution in [3.05, 3.63) is 29.8 Å². The lowest BCUT2D eigenvalue weighted by Gasteiger charge is -2.28. The molecule has 6 nitrogen and oxygen atoms in total. The van der Waals surface area contributed by atoms with E-state index in [0.717, 1.165) is 5.01 Å². The molecule has 0 aliphatic carbocycles. The smallest absolute Gasteiger partial charge is 0.245 e. The van der Waals surface area contributed by atoms with Crippen molar-refractivity contribution in [3.8, 4) is 0 Å². The Hall–Kier alpha value is -1.89. The average Bonchev–Trinajstić information content (AvgIpc) is 2.68. The highest BCUT2D eigenvalue weighted by atomic mass is 32.2. The van der Waals surface area contributed by atoms with Gasteiger partial charge in [0.1, 0.15) is 0 Å². The first-order chi connectivity index (χ1) is 9.24. The van der Waals surface area contributed by atoms with Gasteiger partial charge in [-0.3, -0.25) is 0 Å². The summed E-state index contributed by atoms with van der Waals surface area (Å²) in [6, 6.07) is 5.75. The summed E-state index contributed by atoms with van der Waals surface area (Å²) in [6.07, 6.45) is 2.19. The number of hydrogen-bond donors (Lipinski definition) is 1. The molecule has 1 aliphatic heterocycles. The molecule has 1 aromatic carbocycles. The number of carbonyl (C=O) groups is 1. The Labute approximate surface area is 118 Å². The number of nitrogens with one attached hydrogen (secondary N) is 1. The van der Waals surface area contributed by atoms with E-state index < -0.39 is 21.6 Å². The van der Waals surface area contributed by atoms with Gasteiger partial charge in [0.05, 0.1) is 10.4 Å². The van der Waals surface area contributed by atoms with Crippen LogP contribution < -0.4 is 4.72 Å². The second kappa shape index (κ2) is 4.90. The van der Waals surface area contributed by atoms with Crippen LogP contribution in [0.1, 0.15) is 25.8 Å². The van der Waals surface area contributed by atoms with Gasteiger partial charge in [-0.1, -0.05) is 18.2 Å². The average molecular weight is 295 g/mol. The first-order valence-corrected chi connectivity index (χ1v) is 7.67. The Morgan fingerprint density at radius 1 is 1.35 bits per heavy atom. The molecule has 0 spiro atoms. The molecule has 0 saturated heterocycles. The topological polar surface area (TPSA) is 78.8 Å². The van der Waals surface area contributed by atoms with Gasteiger partial charge in [-0.25, -0.2) is 22.9 Å². The highest BCUT2D eigenvalue weighted by Gasteiger charge is 2.36. The van der Waals surface area contributed by atoms with Gasteiger partial charge in [0.25, 0.3) is 10.0 Å². The van der Waals surface area contributed by atoms with Crippen molar-refractivity contribution in [3.63, 3.8) is 0 Å². The Kier molecular flexibility index (Phi) is 3.56. The first kappa shape index (κ1) is 14.5. The second-order valence-electron chi connectivity index (χ2n) is 5.30. The molecule has 2 amide bonds. The minimum Gasteiger partial charge on any atom is -0.245 e. The van der Waals surface area contributed by atoms with Gasteiger partial charge in [0.15, 0.2) is 0 Å². The number of sulfonamides is 1. The van der Waals surface area contributed by atoms with E-state index in [2.05, 4.69) is 9.82 Å². The largest absolute Gasteiger partial charge is 0.352 e. The maximum atomic E-state index is 12.2. The molecule has 1 N–H and O–H groups in total. The van der Waals surface area contributed by atoms with Crippen LogP contribution in [0.25, 0.3) is 0 Å². The Morgan fingerprint density at radius 2 is 2.00 bits per heavy atom. The minimum atomic E-state index is -3.89. The molecule has 0 atom stereocenters. The maximum Gasteiger partial charge on any atom is 0.352 e. The molecule has 1 heterocycles. The highest BCUT2D eigenvalue weighted by molar-refractivity contribution is 7.90. The zero-order valence-electron chi connectivity index (χ0n) is 11.6. The van der Waals surface area contributed by atoms with Crippen LogP contribution in [0.15, 0.2) is 34.3 Å². The Morgan fingerprint density at radius 3 is 2.55 bits per heavy atom. The van der Waals surface area contributed by atoms with Gasteiger partial charge in [0, 0.05) is 12.6 Å². The molecule has 1 aliphatic rings. The fourth-order valence-electron chi connectivity index (χ4n) is 1.99. The number of hydrazone groups is 1. The Bertz CT molecular complexity index is 665. The zero-order chi connectivity index (χ0) is 15.0. The van der Waals surface area contributed by atoms with E-state index in [9.17, 15) is 13.2 Å². The fourth-order valence-corrected chi connectivity index (χ4v) is 3.16. The third-order valence-corrected chi connectivity index (χ3v) is 4.64. The third kappa shape index (κ3) is 2.67. The van der Waals surface area contributed by atoms with Crippen LogP contribution in [0.4, 0.5) is 4.79 Å². The highest BCUT2D eigenvalue weighted by Crippen LogP contribution is 2.24. The summed E-state index contributed by atoms with van der Waals surface area (Å²) in [6.45, 7) is 5.32. The summed E-state index contributed by atoms with van der Waals surface area (Å²) in [7, 11) is -3.89. The van der Waals surface area contributed by atoms with Crippen molar-refractivity contribution in [1.29, 1.82) is 0 Å². The van der Waals surface area contributed by atoms with Crippen LogP contribution in [0.5, 0.6) is 0 Å². The van der Waals surface area contributed by atoms with E-state index in [1.54, 1.807) is 31.3 Å². The lowest BCUT2D eigenvalue weighted by Crippen LogP contribution is -2.47. The summed E-state index contributed by atoms with van der Waals surface area (Å²) in [5, 5.41) is 5.08. The maximum absolute atomic E-state index is 12.2. The molecule has 0 unspecified atom stereocenters. The van der Waals surface area contributed by atoms with E-state index in [1.807, 2.05) is 13.8 Å². The van der Waals surface area contributed by atoms with E-state index in [4.69, 9.17) is 0 Å². The molecule has 0 aromatic heterocycles. The molecule has 0 radical (unpaired) electrons. The first-order valence-electron chi connectivity index (χ1n) is 6.19. The monoisotopic (exact) mass is 295 g/mol. The quantitative estimate of drug-likeness (QED) is 0.904. The lowest BCUT2D eigenvalue weighted by atomic mass is 10.0. The number of urea groups is 1. The van der Waals surface area contributed by atoms with Crippen molar-refractivity contribution < 1.29 is 13.2 Å². The van der Waals surface area contributed by atoms with Gasteiger partial charge in [0.2, 0.25) is 0 Å². The molecular weight excluding hydrogens is 278 g/mol. The third-order valence-electron chi connectivity index (χ3n) is 3.16. The van der Waals surface area contributed by atoms with Gasteiger partial charge < -0.3 is 0 Å². The standard InChI is InChI=1S/C13H17N3O3S/c1-10-6-4-5-7-11(10)20(18,19)15-12(17)16-13(2,3)8-9-14-16/h4-7,9H,8H2,1-3H3,(H,15,17). The van der Waals surface area contributed by atoms with E-state index >= 15 is 0 Å². The molecular formula is C13H17N3O3S. The summed E-state index contributed by atoms with van der Waals surface area (Å²) in [5.74, 6) is 0. The van der Waals surface area contributed by atoms with Gasteiger partial charge in [-0.2, -0.15) is 5.10 Å². The number of rotatable bonds is 2. The molecule has 0 fully saturated rings. The van der Waals surface area contributed by atoms with E-state index in [-0.39, 0.29) is 4.90 Å². The summed E-state index contributed by atoms with van der Waals surface area (Å²) >= 11 is 0.